The average molecular weight is 445 g/mol. The van der Waals surface area contributed by atoms with Crippen LogP contribution < -0.4 is 14.8 Å². The summed E-state index contributed by atoms with van der Waals surface area (Å²) in [5, 5.41) is 3.53. The zero-order chi connectivity index (χ0) is 22.5. The second kappa shape index (κ2) is 9.85. The first-order valence-corrected chi connectivity index (χ1v) is 10.2. The van der Waals surface area contributed by atoms with Crippen molar-refractivity contribution in [2.75, 3.05) is 32.7 Å². The number of carbonyl (C=O) groups is 2. The molecule has 0 saturated carbocycles. The van der Waals surface area contributed by atoms with Crippen LogP contribution in [0.4, 0.5) is 5.69 Å². The lowest BCUT2D eigenvalue weighted by molar-refractivity contribution is -0.137. The Morgan fingerprint density at radius 2 is 1.71 bits per heavy atom. The third-order valence-electron chi connectivity index (χ3n) is 4.73. The normalized spacial score (nSPS) is 13.9. The topological polar surface area (TPSA) is 77.1 Å². The highest BCUT2D eigenvalue weighted by Crippen LogP contribution is 2.37. The van der Waals surface area contributed by atoms with Crippen LogP contribution in [0.25, 0.3) is 5.57 Å². The molecule has 2 aromatic rings. The van der Waals surface area contributed by atoms with E-state index in [1.807, 2.05) is 13.8 Å². The van der Waals surface area contributed by atoms with Crippen molar-refractivity contribution in [3.8, 4) is 11.5 Å². The van der Waals surface area contributed by atoms with Crippen molar-refractivity contribution in [1.82, 2.24) is 4.90 Å². The molecular formula is C23H25ClN2O5. The first kappa shape index (κ1) is 22.7. The molecule has 0 bridgehead atoms. The number of carbonyl (C=O) groups excluding carboxylic acids is 2. The van der Waals surface area contributed by atoms with E-state index in [1.54, 1.807) is 42.5 Å². The fourth-order valence-electron chi connectivity index (χ4n) is 3.29. The molecule has 7 nitrogen and oxygen atoms in total. The van der Waals surface area contributed by atoms with Crippen molar-refractivity contribution in [2.24, 2.45) is 0 Å². The summed E-state index contributed by atoms with van der Waals surface area (Å²) in [4.78, 5) is 27.8. The van der Waals surface area contributed by atoms with Crippen LogP contribution in [0.2, 0.25) is 5.02 Å². The van der Waals surface area contributed by atoms with Gasteiger partial charge in [0.15, 0.2) is 0 Å². The fourth-order valence-corrected chi connectivity index (χ4v) is 3.46. The molecule has 1 N–H and O–H groups in total. The summed E-state index contributed by atoms with van der Waals surface area (Å²) in [6.07, 6.45) is -0.0113. The fraction of sp³-hybridized carbons (Fsp3) is 0.304. The number of anilines is 1. The van der Waals surface area contributed by atoms with Crippen molar-refractivity contribution in [1.29, 1.82) is 0 Å². The van der Waals surface area contributed by atoms with Crippen LogP contribution in [-0.4, -0.2) is 50.2 Å². The predicted molar refractivity (Wildman–Crippen MR) is 119 cm³/mol. The molecule has 0 aliphatic carbocycles. The van der Waals surface area contributed by atoms with Gasteiger partial charge in [-0.3, -0.25) is 14.5 Å². The molecule has 0 aromatic heterocycles. The number of amides is 2. The molecule has 2 aromatic carbocycles. The Morgan fingerprint density at radius 3 is 2.39 bits per heavy atom. The minimum Gasteiger partial charge on any atom is -0.496 e. The van der Waals surface area contributed by atoms with Crippen molar-refractivity contribution in [3.05, 3.63) is 58.7 Å². The van der Waals surface area contributed by atoms with Crippen LogP contribution in [0.5, 0.6) is 11.5 Å². The highest BCUT2D eigenvalue weighted by Gasteiger charge is 2.40. The Kier molecular flexibility index (Phi) is 7.20. The van der Waals surface area contributed by atoms with Gasteiger partial charge in [-0.1, -0.05) is 29.8 Å². The second-order valence-corrected chi connectivity index (χ2v) is 7.54. The van der Waals surface area contributed by atoms with Crippen molar-refractivity contribution in [3.63, 3.8) is 0 Å². The average Bonchev–Trinajstić information content (AvgIpc) is 2.97. The van der Waals surface area contributed by atoms with E-state index in [9.17, 15) is 9.59 Å². The number of rotatable bonds is 9. The van der Waals surface area contributed by atoms with Crippen LogP contribution in [0.15, 0.2) is 48.2 Å². The molecule has 1 aliphatic heterocycles. The summed E-state index contributed by atoms with van der Waals surface area (Å²) in [7, 11) is 3.03. The monoisotopic (exact) mass is 444 g/mol. The number of imide groups is 1. The maximum Gasteiger partial charge on any atom is 0.278 e. The summed E-state index contributed by atoms with van der Waals surface area (Å²) in [6.45, 7) is 4.16. The smallest absolute Gasteiger partial charge is 0.278 e. The summed E-state index contributed by atoms with van der Waals surface area (Å²) >= 11 is 6.14. The van der Waals surface area contributed by atoms with Gasteiger partial charge in [0.2, 0.25) is 0 Å². The van der Waals surface area contributed by atoms with E-state index >= 15 is 0 Å². The van der Waals surface area contributed by atoms with E-state index in [0.717, 1.165) is 0 Å². The number of benzene rings is 2. The number of ether oxygens (including phenoxy) is 3. The van der Waals surface area contributed by atoms with Gasteiger partial charge in [0.25, 0.3) is 11.8 Å². The largest absolute Gasteiger partial charge is 0.496 e. The van der Waals surface area contributed by atoms with E-state index in [1.165, 1.54) is 19.1 Å². The highest BCUT2D eigenvalue weighted by atomic mass is 35.5. The summed E-state index contributed by atoms with van der Waals surface area (Å²) in [5.74, 6) is 0.0834. The Morgan fingerprint density at radius 1 is 1.00 bits per heavy atom. The lowest BCUT2D eigenvalue weighted by Crippen LogP contribution is -2.35. The molecule has 0 unspecified atom stereocenters. The van der Waals surface area contributed by atoms with E-state index < -0.39 is 11.8 Å². The molecule has 0 radical (unpaired) electrons. The number of nitrogens with one attached hydrogen (secondary N) is 1. The number of nitrogens with zero attached hydrogens (tertiary/aromatic N) is 1. The third-order valence-corrected chi connectivity index (χ3v) is 4.97. The Labute approximate surface area is 186 Å². The minimum absolute atomic E-state index is 0.0113. The Balaban J connectivity index is 2.07. The van der Waals surface area contributed by atoms with E-state index in [4.69, 9.17) is 25.8 Å². The van der Waals surface area contributed by atoms with E-state index in [2.05, 4.69) is 5.32 Å². The van der Waals surface area contributed by atoms with E-state index in [-0.39, 0.29) is 30.5 Å². The zero-order valence-electron chi connectivity index (χ0n) is 17.9. The van der Waals surface area contributed by atoms with Crippen LogP contribution in [-0.2, 0) is 14.3 Å². The van der Waals surface area contributed by atoms with Gasteiger partial charge in [0, 0.05) is 10.6 Å². The molecule has 0 fully saturated rings. The zero-order valence-corrected chi connectivity index (χ0v) is 18.7. The van der Waals surface area contributed by atoms with Gasteiger partial charge in [0.1, 0.15) is 17.2 Å². The second-order valence-electron chi connectivity index (χ2n) is 7.10. The van der Waals surface area contributed by atoms with Crippen molar-refractivity contribution in [2.45, 2.75) is 20.0 Å². The van der Waals surface area contributed by atoms with Crippen LogP contribution in [0.1, 0.15) is 19.4 Å². The molecule has 2 amide bonds. The lowest BCUT2D eigenvalue weighted by Gasteiger charge is -2.17. The molecule has 164 valence electrons. The number of methoxy groups -OCH3 is 2. The van der Waals surface area contributed by atoms with Gasteiger partial charge < -0.3 is 19.5 Å². The van der Waals surface area contributed by atoms with Gasteiger partial charge in [0.05, 0.1) is 44.7 Å². The molecule has 8 heteroatoms. The molecule has 31 heavy (non-hydrogen) atoms. The molecule has 1 heterocycles. The molecular weight excluding hydrogens is 420 g/mol. The molecule has 0 spiro atoms. The van der Waals surface area contributed by atoms with Crippen LogP contribution in [0.3, 0.4) is 0 Å². The molecule has 0 saturated heterocycles. The van der Waals surface area contributed by atoms with Gasteiger partial charge in [-0.15, -0.1) is 0 Å². The SMILES string of the molecule is COc1ccc(Cl)cc1NC1=C(c2ccccc2OC)C(=O)N(CCOC(C)C)C1=O. The Hall–Kier alpha value is -3.03. The van der Waals surface area contributed by atoms with Gasteiger partial charge in [-0.25, -0.2) is 0 Å². The summed E-state index contributed by atoms with van der Waals surface area (Å²) < 4.78 is 16.4. The maximum absolute atomic E-state index is 13.3. The summed E-state index contributed by atoms with van der Waals surface area (Å²) in [6, 6.07) is 12.1. The quantitative estimate of drug-likeness (QED) is 0.589. The first-order chi connectivity index (χ1) is 14.9. The standard InChI is InChI=1S/C23H25ClN2O5/c1-14(2)31-12-11-26-22(27)20(16-7-5-6-8-18(16)29-3)21(23(26)28)25-17-13-15(24)9-10-19(17)30-4/h5-10,13-14,25H,11-12H2,1-4H3. The van der Waals surface area contributed by atoms with Crippen molar-refractivity contribution < 1.29 is 23.8 Å². The molecule has 0 atom stereocenters. The van der Waals surface area contributed by atoms with Crippen molar-refractivity contribution >= 4 is 34.7 Å². The Bertz CT molecular complexity index is 1020. The number of hydrogen-bond acceptors (Lipinski definition) is 6. The number of halogens is 1. The van der Waals surface area contributed by atoms with E-state index in [0.29, 0.717) is 27.8 Å². The third kappa shape index (κ3) is 4.84. The maximum atomic E-state index is 13.3. The highest BCUT2D eigenvalue weighted by molar-refractivity contribution is 6.37. The summed E-state index contributed by atoms with van der Waals surface area (Å²) in [5.41, 5.74) is 1.33. The number of para-hydroxylation sites is 1. The lowest BCUT2D eigenvalue weighted by atomic mass is 10.0. The van der Waals surface area contributed by atoms with Crippen LogP contribution in [0, 0.1) is 0 Å². The number of hydrogen-bond donors (Lipinski definition) is 1. The molecule has 3 rings (SSSR count). The van der Waals surface area contributed by atoms with Crippen LogP contribution >= 0.6 is 11.6 Å². The van der Waals surface area contributed by atoms with Gasteiger partial charge in [-0.2, -0.15) is 0 Å². The van der Waals surface area contributed by atoms with Gasteiger partial charge in [-0.05, 0) is 38.1 Å². The molecule has 1 aliphatic rings. The first-order valence-electron chi connectivity index (χ1n) is 9.83. The minimum atomic E-state index is -0.458. The predicted octanol–water partition coefficient (Wildman–Crippen LogP) is 3.97. The van der Waals surface area contributed by atoms with Gasteiger partial charge >= 0.3 is 0 Å².